The van der Waals surface area contributed by atoms with Crippen molar-refractivity contribution >= 4 is 29.0 Å². The predicted octanol–water partition coefficient (Wildman–Crippen LogP) is 1.97. The summed E-state index contributed by atoms with van der Waals surface area (Å²) in [5, 5.41) is 0. The fourth-order valence-electron chi connectivity index (χ4n) is 2.71. The highest BCUT2D eigenvalue weighted by atomic mass is 35.5. The van der Waals surface area contributed by atoms with Crippen LogP contribution in [0.15, 0.2) is 12.1 Å². The van der Waals surface area contributed by atoms with Gasteiger partial charge < -0.3 is 14.5 Å². The number of thiophene rings is 1. The van der Waals surface area contributed by atoms with Crippen molar-refractivity contribution in [2.24, 2.45) is 0 Å². The average Bonchev–Trinajstić information content (AvgIpc) is 2.93. The zero-order chi connectivity index (χ0) is 14.7. The lowest BCUT2D eigenvalue weighted by Crippen LogP contribution is -2.54. The second-order valence-corrected chi connectivity index (χ2v) is 7.15. The third-order valence-corrected chi connectivity index (χ3v) is 5.15. The lowest BCUT2D eigenvalue weighted by molar-refractivity contribution is 0.0373. The first-order chi connectivity index (χ1) is 10.2. The Labute approximate surface area is 134 Å². The van der Waals surface area contributed by atoms with Crippen LogP contribution in [0.2, 0.25) is 4.34 Å². The highest BCUT2D eigenvalue weighted by molar-refractivity contribution is 7.16. The number of piperazine rings is 1. The molecule has 0 spiro atoms. The molecular formula is C14H20ClN3O2S. The first-order valence-corrected chi connectivity index (χ1v) is 8.50. The van der Waals surface area contributed by atoms with Crippen molar-refractivity contribution in [3.8, 4) is 0 Å². The molecule has 1 aromatic heterocycles. The van der Waals surface area contributed by atoms with Gasteiger partial charge in [0.05, 0.1) is 17.6 Å². The quantitative estimate of drug-likeness (QED) is 0.832. The number of urea groups is 1. The maximum Gasteiger partial charge on any atom is 0.320 e. The van der Waals surface area contributed by atoms with Gasteiger partial charge in [-0.2, -0.15) is 0 Å². The van der Waals surface area contributed by atoms with Crippen molar-refractivity contribution in [1.29, 1.82) is 0 Å². The van der Waals surface area contributed by atoms with Crippen LogP contribution in [0, 0.1) is 0 Å². The van der Waals surface area contributed by atoms with Crippen LogP contribution in [0.25, 0.3) is 0 Å². The van der Waals surface area contributed by atoms with Gasteiger partial charge in [-0.25, -0.2) is 4.79 Å². The number of hydrogen-bond donors (Lipinski definition) is 0. The summed E-state index contributed by atoms with van der Waals surface area (Å²) in [6, 6.07) is 4.19. The summed E-state index contributed by atoms with van der Waals surface area (Å²) in [5.41, 5.74) is 0. The van der Waals surface area contributed by atoms with Crippen LogP contribution in [0.1, 0.15) is 4.88 Å². The number of halogens is 1. The summed E-state index contributed by atoms with van der Waals surface area (Å²) in [6.07, 6.45) is 0. The number of amides is 2. The molecule has 0 radical (unpaired) electrons. The Bertz CT molecular complexity index is 482. The maximum absolute atomic E-state index is 12.4. The highest BCUT2D eigenvalue weighted by Gasteiger charge is 2.26. The SMILES string of the molecule is O=C(N1CCOCC1)N1CCN(Cc2ccc(Cl)s2)CC1. The molecule has 5 nitrogen and oxygen atoms in total. The summed E-state index contributed by atoms with van der Waals surface area (Å²) in [6.45, 7) is 7.12. The first kappa shape index (κ1) is 15.1. The number of rotatable bonds is 2. The van der Waals surface area contributed by atoms with Gasteiger partial charge in [0.25, 0.3) is 0 Å². The van der Waals surface area contributed by atoms with E-state index in [0.29, 0.717) is 26.3 Å². The van der Waals surface area contributed by atoms with Gasteiger partial charge in [-0.3, -0.25) is 4.90 Å². The Morgan fingerprint density at radius 3 is 2.38 bits per heavy atom. The van der Waals surface area contributed by atoms with Crippen LogP contribution in [0.4, 0.5) is 4.79 Å². The number of carbonyl (C=O) groups excluding carboxylic acids is 1. The van der Waals surface area contributed by atoms with E-state index in [9.17, 15) is 4.79 Å². The third kappa shape index (κ3) is 3.88. The van der Waals surface area contributed by atoms with Crippen LogP contribution in [-0.4, -0.2) is 73.2 Å². The van der Waals surface area contributed by atoms with Crippen molar-refractivity contribution in [3.05, 3.63) is 21.3 Å². The molecule has 2 aliphatic rings. The number of nitrogens with zero attached hydrogens (tertiary/aromatic N) is 3. The molecule has 21 heavy (non-hydrogen) atoms. The predicted molar refractivity (Wildman–Crippen MR) is 84.0 cm³/mol. The number of carbonyl (C=O) groups is 1. The number of hydrogen-bond acceptors (Lipinski definition) is 4. The first-order valence-electron chi connectivity index (χ1n) is 7.30. The molecule has 0 saturated carbocycles. The second-order valence-electron chi connectivity index (χ2n) is 5.35. The van der Waals surface area contributed by atoms with E-state index in [0.717, 1.165) is 37.1 Å². The van der Waals surface area contributed by atoms with Gasteiger partial charge in [0.15, 0.2) is 0 Å². The average molecular weight is 330 g/mol. The monoisotopic (exact) mass is 329 g/mol. The Kier molecular flexibility index (Phi) is 5.00. The molecule has 2 aliphatic heterocycles. The van der Waals surface area contributed by atoms with Gasteiger partial charge in [0.2, 0.25) is 0 Å². The topological polar surface area (TPSA) is 36.0 Å². The van der Waals surface area contributed by atoms with Crippen molar-refractivity contribution in [3.63, 3.8) is 0 Å². The molecule has 0 bridgehead atoms. The summed E-state index contributed by atoms with van der Waals surface area (Å²) in [7, 11) is 0. The zero-order valence-corrected chi connectivity index (χ0v) is 13.5. The Morgan fingerprint density at radius 2 is 1.76 bits per heavy atom. The summed E-state index contributed by atoms with van der Waals surface area (Å²) in [5.74, 6) is 0. The molecule has 0 aliphatic carbocycles. The van der Waals surface area contributed by atoms with Crippen molar-refractivity contribution < 1.29 is 9.53 Å². The van der Waals surface area contributed by atoms with E-state index in [-0.39, 0.29) is 6.03 Å². The molecule has 0 atom stereocenters. The van der Waals surface area contributed by atoms with E-state index in [4.69, 9.17) is 16.3 Å². The summed E-state index contributed by atoms with van der Waals surface area (Å²) < 4.78 is 6.13. The van der Waals surface area contributed by atoms with Crippen LogP contribution in [0.5, 0.6) is 0 Å². The molecule has 1 aromatic rings. The molecular weight excluding hydrogens is 310 g/mol. The Hall–Kier alpha value is -0.820. The molecule has 0 unspecified atom stereocenters. The molecule has 0 aromatic carbocycles. The van der Waals surface area contributed by atoms with E-state index in [2.05, 4.69) is 11.0 Å². The molecule has 2 fully saturated rings. The number of morpholine rings is 1. The smallest absolute Gasteiger partial charge is 0.320 e. The van der Waals surface area contributed by atoms with Crippen molar-refractivity contribution in [1.82, 2.24) is 14.7 Å². The maximum atomic E-state index is 12.4. The minimum absolute atomic E-state index is 0.164. The molecule has 2 amide bonds. The Balaban J connectivity index is 1.47. The largest absolute Gasteiger partial charge is 0.378 e. The van der Waals surface area contributed by atoms with Gasteiger partial charge >= 0.3 is 6.03 Å². The van der Waals surface area contributed by atoms with E-state index >= 15 is 0 Å². The van der Waals surface area contributed by atoms with Crippen LogP contribution >= 0.6 is 22.9 Å². The lowest BCUT2D eigenvalue weighted by atomic mass is 10.3. The van der Waals surface area contributed by atoms with E-state index in [1.165, 1.54) is 4.88 Å². The standard InChI is InChI=1S/C14H20ClN3O2S/c15-13-2-1-12(21-13)11-16-3-5-17(6-4-16)14(19)18-7-9-20-10-8-18/h1-2H,3-11H2. The third-order valence-electron chi connectivity index (χ3n) is 3.93. The van der Waals surface area contributed by atoms with Gasteiger partial charge in [0, 0.05) is 50.7 Å². The van der Waals surface area contributed by atoms with Gasteiger partial charge in [-0.1, -0.05) is 11.6 Å². The van der Waals surface area contributed by atoms with E-state index in [1.807, 2.05) is 15.9 Å². The van der Waals surface area contributed by atoms with E-state index < -0.39 is 0 Å². The molecule has 3 heterocycles. The highest BCUT2D eigenvalue weighted by Crippen LogP contribution is 2.23. The molecule has 2 saturated heterocycles. The minimum atomic E-state index is 0.164. The summed E-state index contributed by atoms with van der Waals surface area (Å²) in [4.78, 5) is 19.9. The zero-order valence-electron chi connectivity index (χ0n) is 12.0. The molecule has 116 valence electrons. The van der Waals surface area contributed by atoms with Crippen LogP contribution < -0.4 is 0 Å². The molecule has 7 heteroatoms. The minimum Gasteiger partial charge on any atom is -0.378 e. The fourth-order valence-corrected chi connectivity index (χ4v) is 3.84. The van der Waals surface area contributed by atoms with Gasteiger partial charge in [-0.15, -0.1) is 11.3 Å². The fraction of sp³-hybridized carbons (Fsp3) is 0.643. The molecule has 3 rings (SSSR count). The lowest BCUT2D eigenvalue weighted by Gasteiger charge is -2.38. The van der Waals surface area contributed by atoms with Gasteiger partial charge in [0.1, 0.15) is 0 Å². The van der Waals surface area contributed by atoms with Gasteiger partial charge in [-0.05, 0) is 12.1 Å². The van der Waals surface area contributed by atoms with Crippen molar-refractivity contribution in [2.75, 3.05) is 52.5 Å². The molecule has 0 N–H and O–H groups in total. The summed E-state index contributed by atoms with van der Waals surface area (Å²) >= 11 is 7.59. The number of ether oxygens (including phenoxy) is 1. The van der Waals surface area contributed by atoms with Crippen LogP contribution in [0.3, 0.4) is 0 Å². The Morgan fingerprint density at radius 1 is 1.10 bits per heavy atom. The second kappa shape index (κ2) is 6.96. The van der Waals surface area contributed by atoms with Crippen molar-refractivity contribution in [2.45, 2.75) is 6.54 Å². The van der Waals surface area contributed by atoms with E-state index in [1.54, 1.807) is 11.3 Å². The van der Waals surface area contributed by atoms with Crippen LogP contribution in [-0.2, 0) is 11.3 Å². The normalized spacial score (nSPS) is 20.8.